The van der Waals surface area contributed by atoms with Crippen molar-refractivity contribution in [2.45, 2.75) is 6.42 Å². The zero-order valence-electron chi connectivity index (χ0n) is 10.1. The van der Waals surface area contributed by atoms with Crippen molar-refractivity contribution in [3.05, 3.63) is 47.6 Å². The topological polar surface area (TPSA) is 40.5 Å². The molecule has 1 heterocycles. The molecule has 0 aromatic heterocycles. The minimum absolute atomic E-state index is 0.0585. The largest absolute Gasteiger partial charge is 0.478 e. The molecule has 0 saturated heterocycles. The maximum Gasteiger partial charge on any atom is 0.328 e. The van der Waals surface area contributed by atoms with Gasteiger partial charge in [0.2, 0.25) is 0 Å². The standard InChI is InChI=1S/C14H13F2NO2/c15-11-8-10(4-5-13(18)19)9-12(16)14(11)17-6-2-1-3-7-17/h1-2,4-5,8-9H,3,6-7H2,(H,18,19)/b5-4+. The van der Waals surface area contributed by atoms with Gasteiger partial charge < -0.3 is 10.0 Å². The summed E-state index contributed by atoms with van der Waals surface area (Å²) in [7, 11) is 0. The van der Waals surface area contributed by atoms with E-state index in [2.05, 4.69) is 0 Å². The highest BCUT2D eigenvalue weighted by molar-refractivity contribution is 5.85. The Morgan fingerprint density at radius 3 is 2.47 bits per heavy atom. The summed E-state index contributed by atoms with van der Waals surface area (Å²) in [4.78, 5) is 12.0. The number of anilines is 1. The maximum atomic E-state index is 13.9. The summed E-state index contributed by atoms with van der Waals surface area (Å²) in [5.41, 5.74) is 0.130. The lowest BCUT2D eigenvalue weighted by molar-refractivity contribution is -0.131. The van der Waals surface area contributed by atoms with Crippen LogP contribution in [-0.4, -0.2) is 24.2 Å². The van der Waals surface area contributed by atoms with Crippen LogP contribution in [0.15, 0.2) is 30.4 Å². The third-order valence-electron chi connectivity index (χ3n) is 2.83. The van der Waals surface area contributed by atoms with Crippen LogP contribution in [0.5, 0.6) is 0 Å². The second-order valence-corrected chi connectivity index (χ2v) is 4.21. The first-order chi connectivity index (χ1) is 9.08. The van der Waals surface area contributed by atoms with Crippen molar-refractivity contribution >= 4 is 17.7 Å². The predicted octanol–water partition coefficient (Wildman–Crippen LogP) is 2.83. The van der Waals surface area contributed by atoms with Crippen LogP contribution in [0.25, 0.3) is 6.08 Å². The molecule has 100 valence electrons. The first-order valence-electron chi connectivity index (χ1n) is 5.88. The molecular weight excluding hydrogens is 252 g/mol. The molecule has 0 atom stereocenters. The molecule has 0 unspecified atom stereocenters. The number of carboxylic acid groups (broad SMARTS) is 1. The SMILES string of the molecule is O=C(O)/C=C/c1cc(F)c(N2CC=CCC2)c(F)c1. The summed E-state index contributed by atoms with van der Waals surface area (Å²) >= 11 is 0. The zero-order chi connectivity index (χ0) is 13.8. The normalized spacial score (nSPS) is 15.2. The third-order valence-corrected chi connectivity index (χ3v) is 2.83. The molecule has 1 N–H and O–H groups in total. The van der Waals surface area contributed by atoms with Gasteiger partial charge >= 0.3 is 5.97 Å². The molecule has 0 radical (unpaired) electrons. The van der Waals surface area contributed by atoms with Crippen molar-refractivity contribution < 1.29 is 18.7 Å². The highest BCUT2D eigenvalue weighted by atomic mass is 19.1. The van der Waals surface area contributed by atoms with Gasteiger partial charge in [0, 0.05) is 19.2 Å². The van der Waals surface area contributed by atoms with Crippen LogP contribution in [0, 0.1) is 11.6 Å². The minimum atomic E-state index is -1.16. The van der Waals surface area contributed by atoms with Gasteiger partial charge in [-0.15, -0.1) is 0 Å². The van der Waals surface area contributed by atoms with Gasteiger partial charge in [-0.1, -0.05) is 12.2 Å². The van der Waals surface area contributed by atoms with Crippen molar-refractivity contribution in [3.63, 3.8) is 0 Å². The third kappa shape index (κ3) is 3.19. The molecule has 2 rings (SSSR count). The number of carboxylic acids is 1. The number of benzene rings is 1. The smallest absolute Gasteiger partial charge is 0.328 e. The Kier molecular flexibility index (Phi) is 3.94. The number of nitrogens with zero attached hydrogens (tertiary/aromatic N) is 1. The molecule has 0 spiro atoms. The minimum Gasteiger partial charge on any atom is -0.478 e. The molecule has 0 fully saturated rings. The van der Waals surface area contributed by atoms with E-state index in [1.807, 2.05) is 12.2 Å². The lowest BCUT2D eigenvalue weighted by Gasteiger charge is -2.26. The van der Waals surface area contributed by atoms with Gasteiger partial charge in [0.25, 0.3) is 0 Å². The van der Waals surface area contributed by atoms with E-state index < -0.39 is 17.6 Å². The van der Waals surface area contributed by atoms with Gasteiger partial charge in [-0.25, -0.2) is 13.6 Å². The highest BCUT2D eigenvalue weighted by Crippen LogP contribution is 2.26. The summed E-state index contributed by atoms with van der Waals surface area (Å²) in [6.45, 7) is 1.03. The molecule has 0 aliphatic carbocycles. The molecule has 1 aromatic carbocycles. The highest BCUT2D eigenvalue weighted by Gasteiger charge is 2.17. The predicted molar refractivity (Wildman–Crippen MR) is 69.0 cm³/mol. The molecule has 0 saturated carbocycles. The van der Waals surface area contributed by atoms with Crippen molar-refractivity contribution in [2.24, 2.45) is 0 Å². The average Bonchev–Trinajstić information content (AvgIpc) is 2.37. The van der Waals surface area contributed by atoms with Crippen molar-refractivity contribution in [3.8, 4) is 0 Å². The molecule has 3 nitrogen and oxygen atoms in total. The number of halogens is 2. The van der Waals surface area contributed by atoms with Crippen LogP contribution in [0.4, 0.5) is 14.5 Å². The van der Waals surface area contributed by atoms with E-state index in [1.54, 1.807) is 4.90 Å². The first kappa shape index (κ1) is 13.3. The average molecular weight is 265 g/mol. The lowest BCUT2D eigenvalue weighted by Crippen LogP contribution is -2.28. The Morgan fingerprint density at radius 1 is 1.26 bits per heavy atom. The summed E-state index contributed by atoms with van der Waals surface area (Å²) in [5.74, 6) is -2.52. The Morgan fingerprint density at radius 2 is 1.95 bits per heavy atom. The number of rotatable bonds is 3. The Labute approximate surface area is 109 Å². The Bertz CT molecular complexity index is 529. The van der Waals surface area contributed by atoms with E-state index in [0.717, 1.165) is 30.7 Å². The fraction of sp³-hybridized carbons (Fsp3) is 0.214. The van der Waals surface area contributed by atoms with Crippen LogP contribution < -0.4 is 4.90 Å². The van der Waals surface area contributed by atoms with Gasteiger partial charge in [0.05, 0.1) is 0 Å². The van der Waals surface area contributed by atoms with Crippen molar-refractivity contribution in [1.29, 1.82) is 0 Å². The monoisotopic (exact) mass is 265 g/mol. The van der Waals surface area contributed by atoms with Crippen LogP contribution in [-0.2, 0) is 4.79 Å². The van der Waals surface area contributed by atoms with E-state index in [4.69, 9.17) is 5.11 Å². The summed E-state index contributed by atoms with van der Waals surface area (Å²) < 4.78 is 27.9. The van der Waals surface area contributed by atoms with Crippen LogP contribution in [0.2, 0.25) is 0 Å². The van der Waals surface area contributed by atoms with Crippen molar-refractivity contribution in [2.75, 3.05) is 18.0 Å². The Hall–Kier alpha value is -2.17. The van der Waals surface area contributed by atoms with Crippen molar-refractivity contribution in [1.82, 2.24) is 0 Å². The summed E-state index contributed by atoms with van der Waals surface area (Å²) in [6.07, 6.45) is 6.59. The van der Waals surface area contributed by atoms with E-state index in [1.165, 1.54) is 0 Å². The summed E-state index contributed by atoms with van der Waals surface area (Å²) in [5, 5.41) is 8.48. The van der Waals surface area contributed by atoms with Gasteiger partial charge in [-0.2, -0.15) is 0 Å². The number of hydrogen-bond acceptors (Lipinski definition) is 2. The van der Waals surface area contributed by atoms with E-state index in [-0.39, 0.29) is 11.3 Å². The maximum absolute atomic E-state index is 13.9. The van der Waals surface area contributed by atoms with Crippen LogP contribution >= 0.6 is 0 Å². The lowest BCUT2D eigenvalue weighted by atomic mass is 10.1. The fourth-order valence-corrected chi connectivity index (χ4v) is 2.00. The van der Waals surface area contributed by atoms with Gasteiger partial charge in [-0.3, -0.25) is 0 Å². The molecule has 0 bridgehead atoms. The second kappa shape index (κ2) is 5.65. The molecule has 0 amide bonds. The van der Waals surface area contributed by atoms with E-state index in [9.17, 15) is 13.6 Å². The van der Waals surface area contributed by atoms with Crippen LogP contribution in [0.3, 0.4) is 0 Å². The van der Waals surface area contributed by atoms with Gasteiger partial charge in [0.1, 0.15) is 17.3 Å². The zero-order valence-corrected chi connectivity index (χ0v) is 10.1. The molecule has 5 heteroatoms. The van der Waals surface area contributed by atoms with Gasteiger partial charge in [0.15, 0.2) is 0 Å². The molecule has 19 heavy (non-hydrogen) atoms. The first-order valence-corrected chi connectivity index (χ1v) is 5.88. The quantitative estimate of drug-likeness (QED) is 0.675. The van der Waals surface area contributed by atoms with Crippen LogP contribution in [0.1, 0.15) is 12.0 Å². The number of aliphatic carboxylic acids is 1. The molecule has 1 aliphatic heterocycles. The molecule has 1 aromatic rings. The molecular formula is C14H13F2NO2. The molecule has 1 aliphatic rings. The number of hydrogen-bond donors (Lipinski definition) is 1. The van der Waals surface area contributed by atoms with E-state index in [0.29, 0.717) is 13.1 Å². The summed E-state index contributed by atoms with van der Waals surface area (Å²) in [6, 6.07) is 2.27. The second-order valence-electron chi connectivity index (χ2n) is 4.21. The van der Waals surface area contributed by atoms with E-state index >= 15 is 0 Å². The number of carbonyl (C=O) groups is 1. The van der Waals surface area contributed by atoms with Gasteiger partial charge in [-0.05, 0) is 30.2 Å². The Balaban J connectivity index is 2.31. The fourth-order valence-electron chi connectivity index (χ4n) is 2.00.